The van der Waals surface area contributed by atoms with Crippen molar-refractivity contribution in [3.8, 4) is 0 Å². The number of ether oxygens (including phenoxy) is 2. The molecule has 4 rings (SSSR count). The molecule has 1 heterocycles. The fourth-order valence-electron chi connectivity index (χ4n) is 4.62. The summed E-state index contributed by atoms with van der Waals surface area (Å²) >= 11 is 0. The number of aliphatic hydroxyl groups is 2. The average molecular weight is 505 g/mol. The smallest absolute Gasteiger partial charge is 0.221 e. The molecule has 3 aromatic carbocycles. The van der Waals surface area contributed by atoms with Crippen LogP contribution in [0.3, 0.4) is 0 Å². The van der Waals surface area contributed by atoms with Gasteiger partial charge in [0, 0.05) is 37.2 Å². The first kappa shape index (κ1) is 27.0. The van der Waals surface area contributed by atoms with Crippen LogP contribution in [0.5, 0.6) is 0 Å². The van der Waals surface area contributed by atoms with Crippen molar-refractivity contribution < 1.29 is 24.5 Å². The van der Waals surface area contributed by atoms with E-state index in [1.807, 2.05) is 92.8 Å². The molecule has 5 unspecified atom stereocenters. The molecular weight excluding hydrogens is 468 g/mol. The SMILES string of the molecule is CC(=O)Nc1ccc(C2OC(CN(C)C(C)C(O)c3ccccc3)CC(c3ccc(CO)cc3)O2)cc1. The second kappa shape index (κ2) is 12.4. The number of hydrogen-bond donors (Lipinski definition) is 3. The van der Waals surface area contributed by atoms with Crippen LogP contribution in [0.15, 0.2) is 78.9 Å². The van der Waals surface area contributed by atoms with E-state index in [0.717, 1.165) is 22.3 Å². The monoisotopic (exact) mass is 504 g/mol. The van der Waals surface area contributed by atoms with Gasteiger partial charge in [-0.05, 0) is 42.8 Å². The Morgan fingerprint density at radius 1 is 1.00 bits per heavy atom. The predicted octanol–water partition coefficient (Wildman–Crippen LogP) is 4.74. The van der Waals surface area contributed by atoms with E-state index in [2.05, 4.69) is 10.2 Å². The van der Waals surface area contributed by atoms with Crippen LogP contribution in [0.25, 0.3) is 0 Å². The van der Waals surface area contributed by atoms with Gasteiger partial charge in [0.25, 0.3) is 0 Å². The van der Waals surface area contributed by atoms with Crippen LogP contribution >= 0.6 is 0 Å². The number of aliphatic hydroxyl groups excluding tert-OH is 2. The lowest BCUT2D eigenvalue weighted by Gasteiger charge is -2.39. The van der Waals surface area contributed by atoms with Crippen molar-refractivity contribution in [3.05, 3.63) is 101 Å². The Balaban J connectivity index is 1.52. The highest BCUT2D eigenvalue weighted by Gasteiger charge is 2.34. The second-order valence-corrected chi connectivity index (χ2v) is 9.69. The number of rotatable bonds is 9. The van der Waals surface area contributed by atoms with Gasteiger partial charge in [-0.3, -0.25) is 9.69 Å². The molecule has 5 atom stereocenters. The minimum Gasteiger partial charge on any atom is -0.392 e. The Hall–Kier alpha value is -3.07. The van der Waals surface area contributed by atoms with Crippen molar-refractivity contribution in [2.45, 2.75) is 57.5 Å². The van der Waals surface area contributed by atoms with Gasteiger partial charge in [-0.1, -0.05) is 66.7 Å². The van der Waals surface area contributed by atoms with E-state index in [4.69, 9.17) is 9.47 Å². The van der Waals surface area contributed by atoms with Gasteiger partial charge in [-0.25, -0.2) is 0 Å². The third-order valence-electron chi connectivity index (χ3n) is 6.90. The number of nitrogens with zero attached hydrogens (tertiary/aromatic N) is 1. The quantitative estimate of drug-likeness (QED) is 0.390. The summed E-state index contributed by atoms with van der Waals surface area (Å²) in [5.41, 5.74) is 4.32. The topological polar surface area (TPSA) is 91.3 Å². The molecule has 7 heteroatoms. The Bertz CT molecular complexity index is 1140. The number of likely N-dealkylation sites (N-methyl/N-ethyl adjacent to an activating group) is 1. The lowest BCUT2D eigenvalue weighted by atomic mass is 9.98. The molecule has 0 radical (unpaired) electrons. The zero-order chi connectivity index (χ0) is 26.4. The van der Waals surface area contributed by atoms with Gasteiger partial charge >= 0.3 is 0 Å². The third kappa shape index (κ3) is 7.03. The molecule has 7 nitrogen and oxygen atoms in total. The molecular formula is C30H36N2O5. The molecule has 3 aromatic rings. The number of benzene rings is 3. The number of carbonyl (C=O) groups excluding carboxylic acids is 1. The Labute approximate surface area is 218 Å². The lowest BCUT2D eigenvalue weighted by Crippen LogP contribution is -2.43. The van der Waals surface area contributed by atoms with E-state index in [9.17, 15) is 15.0 Å². The summed E-state index contributed by atoms with van der Waals surface area (Å²) in [7, 11) is 2.00. The van der Waals surface area contributed by atoms with Gasteiger partial charge in [-0.2, -0.15) is 0 Å². The molecule has 0 saturated carbocycles. The number of carbonyl (C=O) groups is 1. The summed E-state index contributed by atoms with van der Waals surface area (Å²) in [5.74, 6) is -0.126. The molecule has 0 aromatic heterocycles. The van der Waals surface area contributed by atoms with Crippen LogP contribution in [0.1, 0.15) is 61.0 Å². The first-order valence-corrected chi connectivity index (χ1v) is 12.7. The summed E-state index contributed by atoms with van der Waals surface area (Å²) in [6, 6.07) is 24.8. The zero-order valence-corrected chi connectivity index (χ0v) is 21.6. The van der Waals surface area contributed by atoms with Crippen molar-refractivity contribution in [2.24, 2.45) is 0 Å². The third-order valence-corrected chi connectivity index (χ3v) is 6.90. The van der Waals surface area contributed by atoms with Crippen LogP contribution < -0.4 is 5.32 Å². The van der Waals surface area contributed by atoms with E-state index in [1.165, 1.54) is 6.92 Å². The summed E-state index contributed by atoms with van der Waals surface area (Å²) in [5, 5.41) is 23.1. The molecule has 196 valence electrons. The summed E-state index contributed by atoms with van der Waals surface area (Å²) in [6.07, 6.45) is -0.904. The van der Waals surface area contributed by atoms with Crippen LogP contribution in [0.2, 0.25) is 0 Å². The van der Waals surface area contributed by atoms with E-state index in [1.54, 1.807) is 0 Å². The molecule has 0 spiro atoms. The number of hydrogen-bond acceptors (Lipinski definition) is 6. The largest absolute Gasteiger partial charge is 0.392 e. The Morgan fingerprint density at radius 3 is 2.27 bits per heavy atom. The van der Waals surface area contributed by atoms with Crippen molar-refractivity contribution in [1.82, 2.24) is 4.90 Å². The molecule has 1 fully saturated rings. The zero-order valence-electron chi connectivity index (χ0n) is 21.6. The van der Waals surface area contributed by atoms with Crippen LogP contribution in [0, 0.1) is 0 Å². The van der Waals surface area contributed by atoms with E-state index >= 15 is 0 Å². The minimum atomic E-state index is -0.620. The van der Waals surface area contributed by atoms with E-state index < -0.39 is 12.4 Å². The van der Waals surface area contributed by atoms with Gasteiger partial charge in [0.1, 0.15) is 0 Å². The van der Waals surface area contributed by atoms with Crippen molar-refractivity contribution >= 4 is 11.6 Å². The summed E-state index contributed by atoms with van der Waals surface area (Å²) in [4.78, 5) is 13.5. The normalized spacial score (nSPS) is 21.4. The van der Waals surface area contributed by atoms with Crippen molar-refractivity contribution in [1.29, 1.82) is 0 Å². The summed E-state index contributed by atoms with van der Waals surface area (Å²) < 4.78 is 12.8. The maximum absolute atomic E-state index is 11.4. The molecule has 0 aliphatic carbocycles. The van der Waals surface area contributed by atoms with Crippen LogP contribution in [0.4, 0.5) is 5.69 Å². The van der Waals surface area contributed by atoms with E-state index in [0.29, 0.717) is 18.7 Å². The van der Waals surface area contributed by atoms with Gasteiger partial charge in [0.15, 0.2) is 6.29 Å². The number of anilines is 1. The molecule has 1 amide bonds. The first-order valence-electron chi connectivity index (χ1n) is 12.7. The predicted molar refractivity (Wildman–Crippen MR) is 143 cm³/mol. The fraction of sp³-hybridized carbons (Fsp3) is 0.367. The lowest BCUT2D eigenvalue weighted by molar-refractivity contribution is -0.253. The molecule has 37 heavy (non-hydrogen) atoms. The van der Waals surface area contributed by atoms with Crippen molar-refractivity contribution in [2.75, 3.05) is 18.9 Å². The van der Waals surface area contributed by atoms with Crippen LogP contribution in [-0.2, 0) is 20.9 Å². The highest BCUT2D eigenvalue weighted by atomic mass is 16.7. The van der Waals surface area contributed by atoms with Gasteiger partial charge in [-0.15, -0.1) is 0 Å². The van der Waals surface area contributed by atoms with E-state index in [-0.39, 0.29) is 30.8 Å². The standard InChI is InChI=1S/C30H36N2O5/c1-20(29(35)24-7-5-4-6-8-24)32(3)18-27-17-28(23-11-9-22(19-33)10-12-23)37-30(36-27)25-13-15-26(16-14-25)31-21(2)34/h4-16,20,27-30,33,35H,17-19H2,1-3H3,(H,31,34). The number of nitrogens with one attached hydrogen (secondary N) is 1. The maximum Gasteiger partial charge on any atom is 0.221 e. The molecule has 1 aliphatic heterocycles. The number of amides is 1. The van der Waals surface area contributed by atoms with Crippen LogP contribution in [-0.4, -0.2) is 46.8 Å². The van der Waals surface area contributed by atoms with Gasteiger partial charge < -0.3 is 25.0 Å². The molecule has 0 bridgehead atoms. The average Bonchev–Trinajstić information content (AvgIpc) is 2.92. The second-order valence-electron chi connectivity index (χ2n) is 9.69. The van der Waals surface area contributed by atoms with Gasteiger partial charge in [0.2, 0.25) is 5.91 Å². The van der Waals surface area contributed by atoms with Crippen molar-refractivity contribution in [3.63, 3.8) is 0 Å². The molecule has 3 N–H and O–H groups in total. The molecule has 1 aliphatic rings. The highest BCUT2D eigenvalue weighted by molar-refractivity contribution is 5.88. The Kier molecular flexibility index (Phi) is 9.08. The fourth-order valence-corrected chi connectivity index (χ4v) is 4.62. The summed E-state index contributed by atoms with van der Waals surface area (Å²) in [6.45, 7) is 4.10. The first-order chi connectivity index (χ1) is 17.8. The van der Waals surface area contributed by atoms with Gasteiger partial charge in [0.05, 0.1) is 24.9 Å². The Morgan fingerprint density at radius 2 is 1.65 bits per heavy atom. The highest BCUT2D eigenvalue weighted by Crippen LogP contribution is 2.38. The maximum atomic E-state index is 11.4. The minimum absolute atomic E-state index is 0.00671. The molecule has 1 saturated heterocycles.